The molecule has 0 saturated heterocycles. The van der Waals surface area contributed by atoms with Crippen molar-refractivity contribution in [1.29, 1.82) is 0 Å². The number of hydrogen-bond acceptors (Lipinski definition) is 1. The van der Waals surface area contributed by atoms with Gasteiger partial charge in [-0.25, -0.2) is 4.39 Å². The van der Waals surface area contributed by atoms with Crippen LogP contribution < -0.4 is 5.73 Å². The van der Waals surface area contributed by atoms with Gasteiger partial charge in [0.25, 0.3) is 0 Å². The Labute approximate surface area is 82.7 Å². The van der Waals surface area contributed by atoms with E-state index in [9.17, 15) is 4.39 Å². The molecule has 0 aliphatic heterocycles. The Bertz CT molecular complexity index is 286. The smallest absolute Gasteiger partial charge is 0.127 e. The molecule has 0 aliphatic carbocycles. The molecule has 0 heterocycles. The summed E-state index contributed by atoms with van der Waals surface area (Å²) in [4.78, 5) is 0. The number of aryl methyl sites for hydroxylation is 1. The zero-order valence-electron chi connectivity index (χ0n) is 7.56. The standard InChI is InChI=1S/C10H13ClFN/c1-7(13)2-3-8-4-5-9(11)6-10(8)12/h4-7H,2-3,13H2,1H3. The molecular formula is C10H13ClFN. The first-order valence-electron chi connectivity index (χ1n) is 4.29. The fourth-order valence-electron chi connectivity index (χ4n) is 1.11. The Morgan fingerprint density at radius 2 is 2.23 bits per heavy atom. The van der Waals surface area contributed by atoms with Crippen molar-refractivity contribution in [2.24, 2.45) is 5.73 Å². The molecule has 0 amide bonds. The van der Waals surface area contributed by atoms with Gasteiger partial charge >= 0.3 is 0 Å². The maximum absolute atomic E-state index is 13.2. The summed E-state index contributed by atoms with van der Waals surface area (Å²) < 4.78 is 13.2. The Morgan fingerprint density at radius 1 is 1.54 bits per heavy atom. The normalized spacial score (nSPS) is 12.9. The summed E-state index contributed by atoms with van der Waals surface area (Å²) in [6, 6.07) is 4.84. The Balaban J connectivity index is 2.67. The topological polar surface area (TPSA) is 26.0 Å². The van der Waals surface area contributed by atoms with Crippen LogP contribution in [0.3, 0.4) is 0 Å². The van der Waals surface area contributed by atoms with Crippen molar-refractivity contribution in [2.75, 3.05) is 0 Å². The molecule has 1 nitrogen and oxygen atoms in total. The van der Waals surface area contributed by atoms with E-state index in [4.69, 9.17) is 17.3 Å². The maximum Gasteiger partial charge on any atom is 0.127 e. The van der Waals surface area contributed by atoms with Crippen molar-refractivity contribution in [3.05, 3.63) is 34.6 Å². The third kappa shape index (κ3) is 3.33. The number of rotatable bonds is 3. The highest BCUT2D eigenvalue weighted by Crippen LogP contribution is 2.16. The first-order chi connectivity index (χ1) is 6.09. The van der Waals surface area contributed by atoms with Crippen LogP contribution in [0.4, 0.5) is 4.39 Å². The van der Waals surface area contributed by atoms with E-state index in [1.54, 1.807) is 12.1 Å². The molecule has 0 spiro atoms. The molecule has 0 fully saturated rings. The lowest BCUT2D eigenvalue weighted by atomic mass is 10.1. The lowest BCUT2D eigenvalue weighted by Gasteiger charge is -2.05. The van der Waals surface area contributed by atoms with Crippen molar-refractivity contribution >= 4 is 11.6 Å². The Hall–Kier alpha value is -0.600. The molecule has 0 bridgehead atoms. The lowest BCUT2D eigenvalue weighted by Crippen LogP contribution is -2.15. The van der Waals surface area contributed by atoms with Crippen LogP contribution in [0.5, 0.6) is 0 Å². The molecule has 1 rings (SSSR count). The van der Waals surface area contributed by atoms with E-state index in [0.717, 1.165) is 6.42 Å². The molecular weight excluding hydrogens is 189 g/mol. The van der Waals surface area contributed by atoms with Crippen molar-refractivity contribution in [3.63, 3.8) is 0 Å². The summed E-state index contributed by atoms with van der Waals surface area (Å²) in [5.74, 6) is -0.242. The molecule has 0 aliphatic rings. The van der Waals surface area contributed by atoms with E-state index in [1.807, 2.05) is 6.92 Å². The van der Waals surface area contributed by atoms with Gasteiger partial charge < -0.3 is 5.73 Å². The minimum atomic E-state index is -0.242. The summed E-state index contributed by atoms with van der Waals surface area (Å²) in [6.45, 7) is 1.91. The molecule has 0 aromatic heterocycles. The zero-order chi connectivity index (χ0) is 9.84. The number of nitrogens with two attached hydrogens (primary N) is 1. The quantitative estimate of drug-likeness (QED) is 0.800. The first kappa shape index (κ1) is 10.5. The van der Waals surface area contributed by atoms with Crippen molar-refractivity contribution in [1.82, 2.24) is 0 Å². The molecule has 1 atom stereocenters. The van der Waals surface area contributed by atoms with Crippen molar-refractivity contribution in [3.8, 4) is 0 Å². The highest BCUT2D eigenvalue weighted by molar-refractivity contribution is 6.30. The van der Waals surface area contributed by atoms with Gasteiger partial charge in [-0.05, 0) is 37.5 Å². The van der Waals surface area contributed by atoms with E-state index >= 15 is 0 Å². The highest BCUT2D eigenvalue weighted by atomic mass is 35.5. The van der Waals surface area contributed by atoms with Gasteiger partial charge in [0.15, 0.2) is 0 Å². The van der Waals surface area contributed by atoms with Crippen LogP contribution in [0.2, 0.25) is 5.02 Å². The van der Waals surface area contributed by atoms with Gasteiger partial charge in [0.1, 0.15) is 5.82 Å². The van der Waals surface area contributed by atoms with Gasteiger partial charge in [0.2, 0.25) is 0 Å². The third-order valence-electron chi connectivity index (χ3n) is 1.88. The highest BCUT2D eigenvalue weighted by Gasteiger charge is 2.03. The largest absolute Gasteiger partial charge is 0.328 e. The SMILES string of the molecule is CC(N)CCc1ccc(Cl)cc1F. The second kappa shape index (κ2) is 4.58. The van der Waals surface area contributed by atoms with E-state index < -0.39 is 0 Å². The molecule has 2 N–H and O–H groups in total. The molecule has 1 aromatic carbocycles. The van der Waals surface area contributed by atoms with Crippen LogP contribution in [0.1, 0.15) is 18.9 Å². The van der Waals surface area contributed by atoms with Gasteiger partial charge in [-0.15, -0.1) is 0 Å². The molecule has 13 heavy (non-hydrogen) atoms. The van der Waals surface area contributed by atoms with Gasteiger partial charge in [0, 0.05) is 11.1 Å². The first-order valence-corrected chi connectivity index (χ1v) is 4.67. The van der Waals surface area contributed by atoms with Crippen LogP contribution in [0.15, 0.2) is 18.2 Å². The molecule has 72 valence electrons. The molecule has 1 aromatic rings. The lowest BCUT2D eigenvalue weighted by molar-refractivity contribution is 0.590. The van der Waals surface area contributed by atoms with Crippen LogP contribution in [0.25, 0.3) is 0 Å². The van der Waals surface area contributed by atoms with Crippen molar-refractivity contribution in [2.45, 2.75) is 25.8 Å². The van der Waals surface area contributed by atoms with Crippen molar-refractivity contribution < 1.29 is 4.39 Å². The average Bonchev–Trinajstić information content (AvgIpc) is 2.02. The van der Waals surface area contributed by atoms with E-state index in [2.05, 4.69) is 0 Å². The van der Waals surface area contributed by atoms with E-state index in [0.29, 0.717) is 17.0 Å². The number of benzene rings is 1. The third-order valence-corrected chi connectivity index (χ3v) is 2.12. The minimum Gasteiger partial charge on any atom is -0.328 e. The molecule has 0 radical (unpaired) electrons. The summed E-state index contributed by atoms with van der Waals surface area (Å²) in [5.41, 5.74) is 6.25. The number of halogens is 2. The fraction of sp³-hybridized carbons (Fsp3) is 0.400. The number of hydrogen-bond donors (Lipinski definition) is 1. The Morgan fingerprint density at radius 3 is 2.77 bits per heavy atom. The monoisotopic (exact) mass is 201 g/mol. The van der Waals surface area contributed by atoms with Crippen LogP contribution in [-0.2, 0) is 6.42 Å². The van der Waals surface area contributed by atoms with Gasteiger partial charge in [-0.3, -0.25) is 0 Å². The average molecular weight is 202 g/mol. The van der Waals surface area contributed by atoms with Crippen LogP contribution >= 0.6 is 11.6 Å². The molecule has 0 saturated carbocycles. The summed E-state index contributed by atoms with van der Waals surface area (Å²) in [7, 11) is 0. The van der Waals surface area contributed by atoms with Crippen LogP contribution in [0, 0.1) is 5.82 Å². The van der Waals surface area contributed by atoms with E-state index in [-0.39, 0.29) is 11.9 Å². The minimum absolute atomic E-state index is 0.107. The van der Waals surface area contributed by atoms with E-state index in [1.165, 1.54) is 6.07 Å². The molecule has 3 heteroatoms. The summed E-state index contributed by atoms with van der Waals surface area (Å²) in [5, 5.41) is 0.432. The predicted octanol–water partition coefficient (Wildman–Crippen LogP) is 2.76. The fourth-order valence-corrected chi connectivity index (χ4v) is 1.27. The predicted molar refractivity (Wildman–Crippen MR) is 53.4 cm³/mol. The maximum atomic E-state index is 13.2. The second-order valence-corrected chi connectivity index (χ2v) is 3.69. The summed E-state index contributed by atoms with van der Waals surface area (Å²) in [6.07, 6.45) is 1.46. The van der Waals surface area contributed by atoms with Crippen LogP contribution in [-0.4, -0.2) is 6.04 Å². The Kier molecular flexibility index (Phi) is 3.70. The molecule has 1 unspecified atom stereocenters. The van der Waals surface area contributed by atoms with Gasteiger partial charge in [-0.1, -0.05) is 17.7 Å². The zero-order valence-corrected chi connectivity index (χ0v) is 8.31. The van der Waals surface area contributed by atoms with Gasteiger partial charge in [0.05, 0.1) is 0 Å². The van der Waals surface area contributed by atoms with Gasteiger partial charge in [-0.2, -0.15) is 0 Å². The summed E-state index contributed by atoms with van der Waals surface area (Å²) >= 11 is 5.61. The second-order valence-electron chi connectivity index (χ2n) is 3.25.